The molecule has 0 spiro atoms. The van der Waals surface area contributed by atoms with Crippen LogP contribution in [0, 0.1) is 13.8 Å². The van der Waals surface area contributed by atoms with Crippen LogP contribution in [0.5, 0.6) is 0 Å². The normalized spacial score (nSPS) is 21.2. The van der Waals surface area contributed by atoms with Gasteiger partial charge in [0.2, 0.25) is 10.0 Å². The van der Waals surface area contributed by atoms with Crippen molar-refractivity contribution in [3.05, 3.63) is 64.7 Å². The molecule has 1 aliphatic heterocycles. The number of nitrogens with one attached hydrogen (secondary N) is 1. The van der Waals surface area contributed by atoms with E-state index in [9.17, 15) is 13.2 Å². The van der Waals surface area contributed by atoms with Crippen molar-refractivity contribution in [1.29, 1.82) is 0 Å². The number of hydrogen-bond donors (Lipinski definition) is 1. The van der Waals surface area contributed by atoms with Gasteiger partial charge in [-0.15, -0.1) is 0 Å². The Kier molecular flexibility index (Phi) is 6.65. The van der Waals surface area contributed by atoms with Crippen LogP contribution < -0.4 is 5.32 Å². The minimum absolute atomic E-state index is 0.121. The molecule has 0 bridgehead atoms. The quantitative estimate of drug-likeness (QED) is 0.787. The monoisotopic (exact) mass is 430 g/mol. The second-order valence-electron chi connectivity index (χ2n) is 8.16. The Morgan fingerprint density at radius 3 is 2.43 bits per heavy atom. The zero-order valence-corrected chi connectivity index (χ0v) is 19.0. The van der Waals surface area contributed by atoms with Gasteiger partial charge in [-0.3, -0.25) is 4.79 Å². The van der Waals surface area contributed by atoms with Crippen molar-refractivity contribution in [2.75, 3.05) is 13.1 Å². The highest BCUT2D eigenvalue weighted by Crippen LogP contribution is 2.23. The Hall–Kier alpha value is -2.22. The highest BCUT2D eigenvalue weighted by molar-refractivity contribution is 7.89. The largest absolute Gasteiger partial charge is 0.373 e. The maximum Gasteiger partial charge on any atom is 0.251 e. The fraction of sp³-hybridized carbons (Fsp3) is 0.435. The molecule has 0 aromatic heterocycles. The number of amides is 1. The first-order chi connectivity index (χ1) is 14.1. The third kappa shape index (κ3) is 4.91. The number of benzene rings is 2. The fourth-order valence-corrected chi connectivity index (χ4v) is 5.49. The van der Waals surface area contributed by atoms with Gasteiger partial charge in [-0.25, -0.2) is 8.42 Å². The van der Waals surface area contributed by atoms with Crippen molar-refractivity contribution < 1.29 is 17.9 Å². The summed E-state index contributed by atoms with van der Waals surface area (Å²) in [5, 5.41) is 2.99. The van der Waals surface area contributed by atoms with Gasteiger partial charge in [-0.1, -0.05) is 29.8 Å². The minimum Gasteiger partial charge on any atom is -0.373 e. The van der Waals surface area contributed by atoms with Gasteiger partial charge in [0.05, 0.1) is 23.1 Å². The lowest BCUT2D eigenvalue weighted by Gasteiger charge is -2.34. The summed E-state index contributed by atoms with van der Waals surface area (Å²) >= 11 is 0. The Bertz CT molecular complexity index is 1030. The van der Waals surface area contributed by atoms with Crippen LogP contribution in [0.1, 0.15) is 53.9 Å². The van der Waals surface area contributed by atoms with Gasteiger partial charge in [-0.05, 0) is 63.9 Å². The fourth-order valence-electron chi connectivity index (χ4n) is 3.86. The summed E-state index contributed by atoms with van der Waals surface area (Å²) in [5.74, 6) is -0.302. The standard InChI is InChI=1S/C23H30N2O4S/c1-15-9-10-16(2)22(11-15)19(5)24-23(26)20-7-6-8-21(12-20)30(27,28)25-13-17(3)29-18(4)14-25/h6-12,17-19H,13-14H2,1-5H3,(H,24,26). The lowest BCUT2D eigenvalue weighted by molar-refractivity contribution is -0.0440. The van der Waals surface area contributed by atoms with Gasteiger partial charge in [0.15, 0.2) is 0 Å². The topological polar surface area (TPSA) is 75.7 Å². The molecule has 3 atom stereocenters. The predicted octanol–water partition coefficient (Wildman–Crippen LogP) is 3.59. The van der Waals surface area contributed by atoms with Crippen LogP contribution in [-0.4, -0.2) is 43.9 Å². The summed E-state index contributed by atoms with van der Waals surface area (Å²) in [6.07, 6.45) is -0.346. The molecule has 6 nitrogen and oxygen atoms in total. The van der Waals surface area contributed by atoms with E-state index in [0.29, 0.717) is 18.7 Å². The van der Waals surface area contributed by atoms with E-state index in [-0.39, 0.29) is 29.1 Å². The number of aryl methyl sites for hydroxylation is 2. The summed E-state index contributed by atoms with van der Waals surface area (Å²) < 4.78 is 33.3. The average Bonchev–Trinajstić information content (AvgIpc) is 2.69. The minimum atomic E-state index is -3.70. The third-order valence-corrected chi connectivity index (χ3v) is 7.20. The highest BCUT2D eigenvalue weighted by atomic mass is 32.2. The number of morpholine rings is 1. The molecule has 1 N–H and O–H groups in total. The van der Waals surface area contributed by atoms with Crippen molar-refractivity contribution in [3.8, 4) is 0 Å². The molecule has 2 aromatic rings. The Morgan fingerprint density at radius 2 is 1.77 bits per heavy atom. The smallest absolute Gasteiger partial charge is 0.251 e. The van der Waals surface area contributed by atoms with Gasteiger partial charge in [-0.2, -0.15) is 4.31 Å². The molecule has 1 aliphatic rings. The Labute approximate surface area is 179 Å². The number of carbonyl (C=O) groups is 1. The second kappa shape index (κ2) is 8.88. The van der Waals surface area contributed by atoms with Crippen molar-refractivity contribution in [1.82, 2.24) is 9.62 Å². The number of ether oxygens (including phenoxy) is 1. The van der Waals surface area contributed by atoms with Crippen LogP contribution in [0.4, 0.5) is 0 Å². The molecule has 0 saturated carbocycles. The predicted molar refractivity (Wildman–Crippen MR) is 117 cm³/mol. The molecule has 7 heteroatoms. The number of carbonyl (C=O) groups excluding carboxylic acids is 1. The zero-order valence-electron chi connectivity index (χ0n) is 18.2. The first kappa shape index (κ1) is 22.5. The van der Waals surface area contributed by atoms with Crippen LogP contribution in [0.2, 0.25) is 0 Å². The van der Waals surface area contributed by atoms with Gasteiger partial charge in [0.1, 0.15) is 0 Å². The first-order valence-electron chi connectivity index (χ1n) is 10.2. The molecular formula is C23H30N2O4S. The molecule has 162 valence electrons. The molecule has 1 heterocycles. The van der Waals surface area contributed by atoms with Crippen LogP contribution in [0.3, 0.4) is 0 Å². The van der Waals surface area contributed by atoms with E-state index >= 15 is 0 Å². The van der Waals surface area contributed by atoms with Crippen molar-refractivity contribution in [3.63, 3.8) is 0 Å². The Morgan fingerprint density at radius 1 is 1.10 bits per heavy atom. The number of rotatable bonds is 5. The van der Waals surface area contributed by atoms with Crippen LogP contribution in [0.15, 0.2) is 47.4 Å². The summed E-state index contributed by atoms with van der Waals surface area (Å²) in [5.41, 5.74) is 3.59. The summed E-state index contributed by atoms with van der Waals surface area (Å²) in [6.45, 7) is 10.3. The Balaban J connectivity index is 1.80. The maximum absolute atomic E-state index is 13.1. The van der Waals surface area contributed by atoms with Crippen molar-refractivity contribution in [2.24, 2.45) is 0 Å². The maximum atomic E-state index is 13.1. The van der Waals surface area contributed by atoms with Crippen LogP contribution >= 0.6 is 0 Å². The van der Waals surface area contributed by atoms with E-state index < -0.39 is 10.0 Å². The van der Waals surface area contributed by atoms with Gasteiger partial charge in [0, 0.05) is 18.7 Å². The SMILES string of the molecule is Cc1ccc(C)c(C(C)NC(=O)c2cccc(S(=O)(=O)N3CC(C)OC(C)C3)c2)c1. The molecule has 0 radical (unpaired) electrons. The molecule has 1 saturated heterocycles. The van der Waals surface area contributed by atoms with E-state index in [4.69, 9.17) is 4.74 Å². The van der Waals surface area contributed by atoms with E-state index in [2.05, 4.69) is 11.4 Å². The zero-order chi connectivity index (χ0) is 22.1. The van der Waals surface area contributed by atoms with Crippen molar-refractivity contribution in [2.45, 2.75) is 57.8 Å². The summed E-state index contributed by atoms with van der Waals surface area (Å²) in [7, 11) is -3.70. The van der Waals surface area contributed by atoms with Crippen LogP contribution in [0.25, 0.3) is 0 Å². The molecule has 1 fully saturated rings. The third-order valence-electron chi connectivity index (χ3n) is 5.37. The number of nitrogens with zero attached hydrogens (tertiary/aromatic N) is 1. The van der Waals surface area contributed by atoms with E-state index in [0.717, 1.165) is 16.7 Å². The summed E-state index contributed by atoms with van der Waals surface area (Å²) in [6, 6.07) is 12.2. The molecule has 1 amide bonds. The first-order valence-corrected chi connectivity index (χ1v) is 11.7. The number of hydrogen-bond acceptors (Lipinski definition) is 4. The van der Waals surface area contributed by atoms with Gasteiger partial charge < -0.3 is 10.1 Å². The van der Waals surface area contributed by atoms with Crippen LogP contribution in [-0.2, 0) is 14.8 Å². The molecule has 3 unspecified atom stereocenters. The van der Waals surface area contributed by atoms with E-state index in [1.165, 1.54) is 16.4 Å². The number of sulfonamides is 1. The lowest BCUT2D eigenvalue weighted by atomic mass is 10.00. The second-order valence-corrected chi connectivity index (χ2v) is 10.1. The summed E-state index contributed by atoms with van der Waals surface area (Å²) in [4.78, 5) is 13.0. The molecule has 2 aromatic carbocycles. The van der Waals surface area contributed by atoms with Gasteiger partial charge >= 0.3 is 0 Å². The van der Waals surface area contributed by atoms with E-state index in [1.54, 1.807) is 12.1 Å². The lowest BCUT2D eigenvalue weighted by Crippen LogP contribution is -2.48. The molecular weight excluding hydrogens is 400 g/mol. The van der Waals surface area contributed by atoms with E-state index in [1.807, 2.05) is 46.8 Å². The van der Waals surface area contributed by atoms with Crippen molar-refractivity contribution >= 4 is 15.9 Å². The average molecular weight is 431 g/mol. The molecule has 0 aliphatic carbocycles. The molecule has 3 rings (SSSR count). The highest BCUT2D eigenvalue weighted by Gasteiger charge is 2.32. The van der Waals surface area contributed by atoms with Gasteiger partial charge in [0.25, 0.3) is 5.91 Å². The molecule has 30 heavy (non-hydrogen) atoms.